The molecular weight excluding hydrogens is 440 g/mol. The van der Waals surface area contributed by atoms with Gasteiger partial charge in [-0.2, -0.15) is 0 Å². The third-order valence-electron chi connectivity index (χ3n) is 4.30. The molecule has 0 rings (SSSR count). The van der Waals surface area contributed by atoms with Gasteiger partial charge in [0.05, 0.1) is 12.5 Å². The van der Waals surface area contributed by atoms with Crippen LogP contribution in [-0.2, 0) is 24.0 Å². The van der Waals surface area contributed by atoms with E-state index >= 15 is 0 Å². The van der Waals surface area contributed by atoms with Crippen LogP contribution in [0, 0.1) is 0 Å². The average Bonchev–Trinajstić information content (AvgIpc) is 2.72. The number of hydrogen-bond acceptors (Lipinski definition) is 8. The molecule has 0 bridgehead atoms. The molecule has 0 saturated carbocycles. The number of unbranched alkanes of at least 4 members (excludes halogenated alkanes) is 1. The molecule has 15 nitrogen and oxygen atoms in total. The monoisotopic (exact) mass is 474 g/mol. The fraction of sp³-hybridized carbons (Fsp3) is 0.667. The van der Waals surface area contributed by atoms with E-state index in [2.05, 4.69) is 20.9 Å². The van der Waals surface area contributed by atoms with Gasteiger partial charge in [0.25, 0.3) is 0 Å². The highest BCUT2D eigenvalue weighted by Crippen LogP contribution is 2.05. The Bertz CT molecular complexity index is 712. The Hall–Kier alpha value is -3.46. The predicted octanol–water partition coefficient (Wildman–Crippen LogP) is -3.86. The van der Waals surface area contributed by atoms with Crippen molar-refractivity contribution in [2.45, 2.75) is 56.7 Å². The SMILES string of the molecule is NCCCCC(NC(=O)C(N)CC(=O)O)C(=O)NC(CCCN=C(N)N)C(=O)NCC(=O)O. The Morgan fingerprint density at radius 2 is 1.39 bits per heavy atom. The minimum atomic E-state index is -1.37. The van der Waals surface area contributed by atoms with Crippen LogP contribution in [0.4, 0.5) is 0 Å². The van der Waals surface area contributed by atoms with Crippen LogP contribution in [0.3, 0.4) is 0 Å². The lowest BCUT2D eigenvalue weighted by molar-refractivity contribution is -0.140. The molecule has 3 unspecified atom stereocenters. The Balaban J connectivity index is 5.34. The quantitative estimate of drug-likeness (QED) is 0.0558. The second kappa shape index (κ2) is 16.2. The molecule has 0 aromatic heterocycles. The van der Waals surface area contributed by atoms with E-state index in [1.54, 1.807) is 0 Å². The van der Waals surface area contributed by atoms with E-state index in [1.165, 1.54) is 0 Å². The minimum absolute atomic E-state index is 0.0793. The van der Waals surface area contributed by atoms with E-state index < -0.39 is 60.8 Å². The van der Waals surface area contributed by atoms with Crippen LogP contribution in [-0.4, -0.2) is 83.6 Å². The summed E-state index contributed by atoms with van der Waals surface area (Å²) in [6.07, 6.45) is 0.915. The van der Waals surface area contributed by atoms with E-state index in [4.69, 9.17) is 33.1 Å². The first-order chi connectivity index (χ1) is 15.5. The van der Waals surface area contributed by atoms with E-state index in [1.807, 2.05) is 0 Å². The molecule has 0 heterocycles. The van der Waals surface area contributed by atoms with Gasteiger partial charge < -0.3 is 49.1 Å². The van der Waals surface area contributed by atoms with Gasteiger partial charge in [-0.3, -0.25) is 29.0 Å². The van der Waals surface area contributed by atoms with Gasteiger partial charge in [0.15, 0.2) is 5.96 Å². The van der Waals surface area contributed by atoms with Gasteiger partial charge in [0.1, 0.15) is 18.6 Å². The zero-order valence-electron chi connectivity index (χ0n) is 18.3. The van der Waals surface area contributed by atoms with E-state index in [-0.39, 0.29) is 31.8 Å². The number of carbonyl (C=O) groups is 5. The first kappa shape index (κ1) is 29.5. The molecular formula is C18H34N8O7. The average molecular weight is 475 g/mol. The van der Waals surface area contributed by atoms with Crippen molar-refractivity contribution in [1.29, 1.82) is 0 Å². The molecule has 0 spiro atoms. The van der Waals surface area contributed by atoms with Crippen molar-refractivity contribution in [3.8, 4) is 0 Å². The third-order valence-corrected chi connectivity index (χ3v) is 4.30. The lowest BCUT2D eigenvalue weighted by Crippen LogP contribution is -2.56. The number of carbonyl (C=O) groups excluding carboxylic acids is 3. The second-order valence-electron chi connectivity index (χ2n) is 7.17. The van der Waals surface area contributed by atoms with Crippen molar-refractivity contribution < 1.29 is 34.2 Å². The number of carboxylic acids is 2. The summed E-state index contributed by atoms with van der Waals surface area (Å²) < 4.78 is 0. The number of aliphatic imine (C=N–C) groups is 1. The standard InChI is InChI=1S/C18H34N8O7/c19-6-2-1-4-12(25-15(31)10(20)8-13(27)28)17(33)26-11(5-3-7-23-18(21)22)16(32)24-9-14(29)30/h10-12H,1-9,19-20H2,(H,24,32)(H,25,31)(H,26,33)(H,27,28)(H,29,30)(H4,21,22,23). The van der Waals surface area contributed by atoms with Crippen LogP contribution in [0.2, 0.25) is 0 Å². The van der Waals surface area contributed by atoms with Gasteiger partial charge in [0.2, 0.25) is 17.7 Å². The molecule has 0 aliphatic carbocycles. The Labute approximate surface area is 190 Å². The zero-order chi connectivity index (χ0) is 25.4. The summed E-state index contributed by atoms with van der Waals surface area (Å²) in [5.74, 6) is -5.01. The summed E-state index contributed by atoms with van der Waals surface area (Å²) in [5, 5.41) is 24.6. The molecule has 3 atom stereocenters. The molecule has 33 heavy (non-hydrogen) atoms. The largest absolute Gasteiger partial charge is 0.481 e. The second-order valence-corrected chi connectivity index (χ2v) is 7.17. The van der Waals surface area contributed by atoms with Gasteiger partial charge in [-0.15, -0.1) is 0 Å². The molecule has 0 aromatic carbocycles. The van der Waals surface area contributed by atoms with Gasteiger partial charge in [-0.25, -0.2) is 0 Å². The van der Waals surface area contributed by atoms with E-state index in [0.29, 0.717) is 19.4 Å². The van der Waals surface area contributed by atoms with E-state index in [9.17, 15) is 24.0 Å². The lowest BCUT2D eigenvalue weighted by atomic mass is 10.1. The number of nitrogens with two attached hydrogens (primary N) is 4. The Morgan fingerprint density at radius 1 is 0.818 bits per heavy atom. The highest BCUT2D eigenvalue weighted by atomic mass is 16.4. The number of nitrogens with one attached hydrogen (secondary N) is 3. The maximum Gasteiger partial charge on any atom is 0.322 e. The fourth-order valence-corrected chi connectivity index (χ4v) is 2.65. The van der Waals surface area contributed by atoms with Crippen molar-refractivity contribution in [3.05, 3.63) is 0 Å². The molecule has 0 saturated heterocycles. The summed E-state index contributed by atoms with van der Waals surface area (Å²) in [5.41, 5.74) is 21.5. The molecule has 15 heteroatoms. The first-order valence-corrected chi connectivity index (χ1v) is 10.3. The summed E-state index contributed by atoms with van der Waals surface area (Å²) >= 11 is 0. The summed E-state index contributed by atoms with van der Waals surface area (Å²) in [7, 11) is 0. The van der Waals surface area contributed by atoms with Crippen molar-refractivity contribution >= 4 is 35.6 Å². The molecule has 3 amide bonds. The summed E-state index contributed by atoms with van der Waals surface area (Å²) in [4.78, 5) is 62.7. The minimum Gasteiger partial charge on any atom is -0.481 e. The normalized spacial score (nSPS) is 13.2. The number of amides is 3. The van der Waals surface area contributed by atoms with E-state index in [0.717, 1.165) is 0 Å². The molecule has 0 aliphatic rings. The Morgan fingerprint density at radius 3 is 1.94 bits per heavy atom. The smallest absolute Gasteiger partial charge is 0.322 e. The number of aliphatic carboxylic acids is 2. The topological polar surface area (TPSA) is 278 Å². The van der Waals surface area contributed by atoms with Crippen molar-refractivity contribution in [2.24, 2.45) is 27.9 Å². The maximum absolute atomic E-state index is 12.8. The summed E-state index contributed by atoms with van der Waals surface area (Å²) in [6.45, 7) is -0.132. The van der Waals surface area contributed by atoms with Crippen molar-refractivity contribution in [3.63, 3.8) is 0 Å². The van der Waals surface area contributed by atoms with Crippen LogP contribution in [0.5, 0.6) is 0 Å². The van der Waals surface area contributed by atoms with Gasteiger partial charge in [0, 0.05) is 6.54 Å². The molecule has 0 aromatic rings. The number of rotatable bonds is 17. The summed E-state index contributed by atoms with van der Waals surface area (Å²) in [6, 6.07) is -3.62. The predicted molar refractivity (Wildman–Crippen MR) is 118 cm³/mol. The van der Waals surface area contributed by atoms with Crippen LogP contribution in [0.15, 0.2) is 4.99 Å². The van der Waals surface area contributed by atoms with Crippen LogP contribution in [0.1, 0.15) is 38.5 Å². The number of hydrogen-bond donors (Lipinski definition) is 9. The van der Waals surface area contributed by atoms with Crippen LogP contribution < -0.4 is 38.9 Å². The first-order valence-electron chi connectivity index (χ1n) is 10.3. The highest BCUT2D eigenvalue weighted by molar-refractivity contribution is 5.94. The molecule has 0 fully saturated rings. The van der Waals surface area contributed by atoms with Crippen LogP contribution >= 0.6 is 0 Å². The molecule has 188 valence electrons. The van der Waals surface area contributed by atoms with Gasteiger partial charge in [-0.05, 0) is 38.6 Å². The highest BCUT2D eigenvalue weighted by Gasteiger charge is 2.28. The molecule has 13 N–H and O–H groups in total. The van der Waals surface area contributed by atoms with Crippen LogP contribution in [0.25, 0.3) is 0 Å². The Kier molecular flexibility index (Phi) is 14.5. The maximum atomic E-state index is 12.8. The number of carboxylic acid groups (broad SMARTS) is 2. The molecule has 0 aliphatic heterocycles. The third kappa shape index (κ3) is 14.3. The zero-order valence-corrected chi connectivity index (χ0v) is 18.3. The van der Waals surface area contributed by atoms with Gasteiger partial charge in [-0.1, -0.05) is 0 Å². The number of nitrogens with zero attached hydrogens (tertiary/aromatic N) is 1. The molecule has 0 radical (unpaired) electrons. The van der Waals surface area contributed by atoms with Crippen molar-refractivity contribution in [1.82, 2.24) is 16.0 Å². The fourth-order valence-electron chi connectivity index (χ4n) is 2.65. The van der Waals surface area contributed by atoms with Gasteiger partial charge >= 0.3 is 11.9 Å². The lowest BCUT2D eigenvalue weighted by Gasteiger charge is -2.24. The number of guanidine groups is 1. The van der Waals surface area contributed by atoms with Crippen molar-refractivity contribution in [2.75, 3.05) is 19.6 Å².